The highest BCUT2D eigenvalue weighted by Gasteiger charge is 2.12. The third-order valence-electron chi connectivity index (χ3n) is 5.18. The van der Waals surface area contributed by atoms with Crippen molar-refractivity contribution in [3.05, 3.63) is 100 Å². The molecule has 0 amide bonds. The highest BCUT2D eigenvalue weighted by atomic mass is 16.5. The summed E-state index contributed by atoms with van der Waals surface area (Å²) in [5, 5.41) is 0.525. The number of aromatic nitrogens is 2. The number of benzene rings is 3. The molecule has 0 fully saturated rings. The zero-order chi connectivity index (χ0) is 22.7. The molecule has 4 rings (SSSR count). The fourth-order valence-corrected chi connectivity index (χ4v) is 3.43. The summed E-state index contributed by atoms with van der Waals surface area (Å²) in [5.41, 5.74) is 3.57. The van der Waals surface area contributed by atoms with E-state index in [1.807, 2.05) is 73.6 Å². The highest BCUT2D eigenvalue weighted by Crippen LogP contribution is 2.18. The molecule has 0 radical (unpaired) electrons. The van der Waals surface area contributed by atoms with E-state index in [1.165, 1.54) is 7.11 Å². The Kier molecular flexibility index (Phi) is 5.85. The molecule has 0 unspecified atom stereocenters. The Hall–Kier alpha value is -4.19. The summed E-state index contributed by atoms with van der Waals surface area (Å²) >= 11 is 0. The van der Waals surface area contributed by atoms with Gasteiger partial charge in [0.1, 0.15) is 5.82 Å². The van der Waals surface area contributed by atoms with Gasteiger partial charge in [-0.3, -0.25) is 9.36 Å². The van der Waals surface area contributed by atoms with Crippen LogP contribution < -0.4 is 10.5 Å². The van der Waals surface area contributed by atoms with E-state index in [-0.39, 0.29) is 5.56 Å². The van der Waals surface area contributed by atoms with Crippen LogP contribution in [0.4, 0.5) is 5.69 Å². The quantitative estimate of drug-likeness (QED) is 0.443. The first kappa shape index (κ1) is 21.1. The Labute approximate surface area is 186 Å². The Balaban J connectivity index is 1.82. The number of ether oxygens (including phenoxy) is 1. The van der Waals surface area contributed by atoms with Crippen LogP contribution in [0.15, 0.2) is 77.6 Å². The lowest BCUT2D eigenvalue weighted by atomic mass is 10.1. The van der Waals surface area contributed by atoms with Crippen LogP contribution in [0.25, 0.3) is 28.7 Å². The lowest BCUT2D eigenvalue weighted by Gasteiger charge is -2.13. The van der Waals surface area contributed by atoms with E-state index in [1.54, 1.807) is 34.9 Å². The van der Waals surface area contributed by atoms with Crippen LogP contribution in [0.2, 0.25) is 0 Å². The maximum Gasteiger partial charge on any atom is 0.337 e. The van der Waals surface area contributed by atoms with E-state index < -0.39 is 5.97 Å². The van der Waals surface area contributed by atoms with Crippen molar-refractivity contribution in [2.75, 3.05) is 26.1 Å². The summed E-state index contributed by atoms with van der Waals surface area (Å²) in [6.07, 6.45) is 3.75. The maximum atomic E-state index is 13.3. The predicted molar refractivity (Wildman–Crippen MR) is 128 cm³/mol. The second-order valence-corrected chi connectivity index (χ2v) is 7.49. The van der Waals surface area contributed by atoms with Gasteiger partial charge in [-0.25, -0.2) is 9.78 Å². The molecule has 6 nitrogen and oxygen atoms in total. The van der Waals surface area contributed by atoms with Gasteiger partial charge in [-0.15, -0.1) is 0 Å². The van der Waals surface area contributed by atoms with Crippen molar-refractivity contribution in [3.8, 4) is 5.69 Å². The van der Waals surface area contributed by atoms with Crippen molar-refractivity contribution in [3.63, 3.8) is 0 Å². The summed E-state index contributed by atoms with van der Waals surface area (Å²) < 4.78 is 6.31. The molecule has 0 spiro atoms. The van der Waals surface area contributed by atoms with Crippen molar-refractivity contribution in [1.82, 2.24) is 9.55 Å². The van der Waals surface area contributed by atoms with Gasteiger partial charge in [0.25, 0.3) is 5.56 Å². The van der Waals surface area contributed by atoms with Gasteiger partial charge in [-0.05, 0) is 60.2 Å². The summed E-state index contributed by atoms with van der Waals surface area (Å²) in [7, 11) is 5.32. The Bertz CT molecular complexity index is 1350. The number of methoxy groups -OCH3 is 1. The number of esters is 1. The molecule has 0 aliphatic rings. The second-order valence-electron chi connectivity index (χ2n) is 7.49. The van der Waals surface area contributed by atoms with Crippen molar-refractivity contribution >= 4 is 34.7 Å². The Morgan fingerprint density at radius 2 is 1.62 bits per heavy atom. The number of anilines is 1. The number of rotatable bonds is 5. The fourth-order valence-electron chi connectivity index (χ4n) is 3.43. The van der Waals surface area contributed by atoms with E-state index in [4.69, 9.17) is 9.72 Å². The smallest absolute Gasteiger partial charge is 0.337 e. The molecule has 3 aromatic carbocycles. The summed E-state index contributed by atoms with van der Waals surface area (Å²) in [6.45, 7) is 0. The van der Waals surface area contributed by atoms with Gasteiger partial charge in [0, 0.05) is 19.8 Å². The van der Waals surface area contributed by atoms with Crippen molar-refractivity contribution in [2.45, 2.75) is 0 Å². The van der Waals surface area contributed by atoms with Crippen molar-refractivity contribution in [1.29, 1.82) is 0 Å². The Morgan fingerprint density at radius 3 is 2.28 bits per heavy atom. The number of hydrogen-bond donors (Lipinski definition) is 0. The lowest BCUT2D eigenvalue weighted by molar-refractivity contribution is 0.0600. The van der Waals surface area contributed by atoms with Gasteiger partial charge in [0.05, 0.1) is 29.3 Å². The Morgan fingerprint density at radius 1 is 0.938 bits per heavy atom. The first-order chi connectivity index (χ1) is 15.5. The summed E-state index contributed by atoms with van der Waals surface area (Å²) in [6, 6.07) is 22.1. The molecule has 0 N–H and O–H groups in total. The topological polar surface area (TPSA) is 64.4 Å². The van der Waals surface area contributed by atoms with Crippen LogP contribution in [0.5, 0.6) is 0 Å². The van der Waals surface area contributed by atoms with E-state index in [0.717, 1.165) is 11.3 Å². The average Bonchev–Trinajstić information content (AvgIpc) is 2.83. The number of fused-ring (bicyclic) bond motifs is 1. The van der Waals surface area contributed by atoms with Gasteiger partial charge in [-0.2, -0.15) is 0 Å². The monoisotopic (exact) mass is 425 g/mol. The van der Waals surface area contributed by atoms with Gasteiger partial charge in [0.15, 0.2) is 0 Å². The van der Waals surface area contributed by atoms with Gasteiger partial charge >= 0.3 is 5.97 Å². The van der Waals surface area contributed by atoms with Crippen LogP contribution in [-0.2, 0) is 4.74 Å². The molecule has 0 aliphatic carbocycles. The summed E-state index contributed by atoms with van der Waals surface area (Å²) in [4.78, 5) is 31.9. The van der Waals surface area contributed by atoms with Crippen LogP contribution in [0.1, 0.15) is 21.7 Å². The lowest BCUT2D eigenvalue weighted by Crippen LogP contribution is -2.22. The first-order valence-corrected chi connectivity index (χ1v) is 10.1. The fraction of sp³-hybridized carbons (Fsp3) is 0.115. The summed E-state index contributed by atoms with van der Waals surface area (Å²) in [5.74, 6) is 0.0676. The number of hydrogen-bond acceptors (Lipinski definition) is 5. The molecule has 0 saturated heterocycles. The molecule has 160 valence electrons. The minimum absolute atomic E-state index is 0.177. The molecule has 4 aromatic rings. The number of carbonyl (C=O) groups excluding carboxylic acids is 1. The molecule has 1 aromatic heterocycles. The molecule has 1 heterocycles. The number of para-hydroxylation sites is 1. The van der Waals surface area contributed by atoms with E-state index in [9.17, 15) is 9.59 Å². The SMILES string of the molecule is COC(=O)c1ccc(-n2c(/C=C/c3ccc(N(C)C)cc3)nc3ccccc3c2=O)cc1. The molecular weight excluding hydrogens is 402 g/mol. The standard InChI is InChI=1S/C26H23N3O3/c1-28(2)20-13-8-18(9-14-20)10-17-24-27-23-7-5-4-6-22(23)25(30)29(24)21-15-11-19(12-16-21)26(31)32-3/h4-17H,1-3H3/b17-10+. The van der Waals surface area contributed by atoms with E-state index in [2.05, 4.69) is 0 Å². The molecule has 6 heteroatoms. The van der Waals surface area contributed by atoms with Crippen LogP contribution in [0, 0.1) is 0 Å². The first-order valence-electron chi connectivity index (χ1n) is 10.1. The van der Waals surface area contributed by atoms with Crippen LogP contribution >= 0.6 is 0 Å². The number of carbonyl (C=O) groups is 1. The van der Waals surface area contributed by atoms with Gasteiger partial charge in [-0.1, -0.05) is 30.3 Å². The van der Waals surface area contributed by atoms with Crippen LogP contribution in [-0.4, -0.2) is 36.7 Å². The molecule has 0 atom stereocenters. The van der Waals surface area contributed by atoms with Crippen LogP contribution in [0.3, 0.4) is 0 Å². The third-order valence-corrected chi connectivity index (χ3v) is 5.18. The zero-order valence-electron chi connectivity index (χ0n) is 18.1. The molecule has 0 aliphatic heterocycles. The number of nitrogens with zero attached hydrogens (tertiary/aromatic N) is 3. The largest absolute Gasteiger partial charge is 0.465 e. The molecule has 0 saturated carbocycles. The van der Waals surface area contributed by atoms with Crippen molar-refractivity contribution in [2.24, 2.45) is 0 Å². The van der Waals surface area contributed by atoms with E-state index >= 15 is 0 Å². The molecule has 32 heavy (non-hydrogen) atoms. The highest BCUT2D eigenvalue weighted by molar-refractivity contribution is 5.89. The van der Waals surface area contributed by atoms with Gasteiger partial charge < -0.3 is 9.64 Å². The maximum absolute atomic E-state index is 13.3. The normalized spacial score (nSPS) is 11.1. The zero-order valence-corrected chi connectivity index (χ0v) is 18.1. The minimum atomic E-state index is -0.429. The van der Waals surface area contributed by atoms with Crippen molar-refractivity contribution < 1.29 is 9.53 Å². The molecular formula is C26H23N3O3. The van der Waals surface area contributed by atoms with E-state index in [0.29, 0.717) is 28.0 Å². The minimum Gasteiger partial charge on any atom is -0.465 e. The van der Waals surface area contributed by atoms with Gasteiger partial charge in [0.2, 0.25) is 0 Å². The average molecular weight is 425 g/mol. The molecule has 0 bridgehead atoms. The third kappa shape index (κ3) is 4.16. The second kappa shape index (κ2) is 8.89. The predicted octanol–water partition coefficient (Wildman–Crippen LogP) is 4.41.